The number of carbonyl (C=O) groups excluding carboxylic acids is 1. The van der Waals surface area contributed by atoms with E-state index in [1.807, 2.05) is 12.1 Å². The van der Waals surface area contributed by atoms with Gasteiger partial charge in [-0.05, 0) is 47.0 Å². The van der Waals surface area contributed by atoms with Gasteiger partial charge in [0.05, 0.1) is 6.04 Å². The first-order valence-corrected chi connectivity index (χ1v) is 9.28. The van der Waals surface area contributed by atoms with Crippen LogP contribution >= 0.6 is 15.9 Å². The van der Waals surface area contributed by atoms with E-state index in [4.69, 9.17) is 18.5 Å². The number of ether oxygens (including phenoxy) is 2. The SMILES string of the molecule is O=C(c1cc(-c2ccc3c(c2)OCO3)on1)N1CCCC1c1cc(Br)no1. The van der Waals surface area contributed by atoms with Gasteiger partial charge in [-0.2, -0.15) is 0 Å². The molecule has 4 heterocycles. The fourth-order valence-electron chi connectivity index (χ4n) is 3.44. The molecule has 9 heteroatoms. The molecule has 2 aromatic heterocycles. The highest BCUT2D eigenvalue weighted by atomic mass is 79.9. The van der Waals surface area contributed by atoms with Crippen LogP contribution in [-0.2, 0) is 0 Å². The van der Waals surface area contributed by atoms with Gasteiger partial charge in [-0.25, -0.2) is 0 Å². The zero-order valence-electron chi connectivity index (χ0n) is 14.1. The summed E-state index contributed by atoms with van der Waals surface area (Å²) in [5.74, 6) is 2.29. The van der Waals surface area contributed by atoms with Gasteiger partial charge in [0.15, 0.2) is 28.7 Å². The van der Waals surface area contributed by atoms with Crippen LogP contribution in [-0.4, -0.2) is 34.5 Å². The Bertz CT molecular complexity index is 1010. The Kier molecular flexibility index (Phi) is 3.89. The van der Waals surface area contributed by atoms with E-state index in [1.165, 1.54) is 0 Å². The Balaban J connectivity index is 1.40. The summed E-state index contributed by atoms with van der Waals surface area (Å²) >= 11 is 3.28. The summed E-state index contributed by atoms with van der Waals surface area (Å²) in [5.41, 5.74) is 1.02. The normalized spacial score (nSPS) is 18.3. The number of nitrogens with zero attached hydrogens (tertiary/aromatic N) is 3. The molecule has 1 atom stereocenters. The summed E-state index contributed by atoms with van der Waals surface area (Å²) in [7, 11) is 0. The lowest BCUT2D eigenvalue weighted by atomic mass is 10.1. The molecule has 0 aliphatic carbocycles. The zero-order chi connectivity index (χ0) is 18.4. The smallest absolute Gasteiger partial charge is 0.276 e. The summed E-state index contributed by atoms with van der Waals surface area (Å²) in [6, 6.07) is 8.74. The summed E-state index contributed by atoms with van der Waals surface area (Å²) in [6.07, 6.45) is 1.71. The molecule has 5 rings (SSSR count). The summed E-state index contributed by atoms with van der Waals surface area (Å²) in [4.78, 5) is 14.7. The average molecular weight is 432 g/mol. The fourth-order valence-corrected chi connectivity index (χ4v) is 3.74. The number of benzene rings is 1. The lowest BCUT2D eigenvalue weighted by Gasteiger charge is -2.21. The highest BCUT2D eigenvalue weighted by Crippen LogP contribution is 2.37. The molecule has 1 saturated heterocycles. The minimum atomic E-state index is -0.194. The molecule has 138 valence electrons. The number of rotatable bonds is 3. The third-order valence-corrected chi connectivity index (χ3v) is 5.10. The number of halogens is 1. The standard InChI is InChI=1S/C18H14BrN3O5/c19-17-8-15(27-21-17)12-2-1-5-22(12)18(23)11-7-14(26-20-11)10-3-4-13-16(6-10)25-9-24-13/h3-4,6-8,12H,1-2,5,9H2. The van der Waals surface area contributed by atoms with Crippen molar-refractivity contribution in [1.29, 1.82) is 0 Å². The largest absolute Gasteiger partial charge is 0.454 e. The molecule has 27 heavy (non-hydrogen) atoms. The zero-order valence-corrected chi connectivity index (χ0v) is 15.6. The van der Waals surface area contributed by atoms with E-state index in [0.29, 0.717) is 34.2 Å². The highest BCUT2D eigenvalue weighted by Gasteiger charge is 2.34. The molecule has 1 aromatic carbocycles. The molecular weight excluding hydrogens is 418 g/mol. The van der Waals surface area contributed by atoms with E-state index >= 15 is 0 Å². The molecular formula is C18H14BrN3O5. The number of fused-ring (bicyclic) bond motifs is 1. The Morgan fingerprint density at radius 1 is 1.11 bits per heavy atom. The predicted octanol–water partition coefficient (Wildman–Crippen LogP) is 3.80. The van der Waals surface area contributed by atoms with E-state index in [9.17, 15) is 4.79 Å². The van der Waals surface area contributed by atoms with Gasteiger partial charge in [-0.1, -0.05) is 10.3 Å². The van der Waals surface area contributed by atoms with Crippen molar-refractivity contribution in [3.05, 3.63) is 46.4 Å². The van der Waals surface area contributed by atoms with E-state index in [2.05, 4.69) is 26.2 Å². The van der Waals surface area contributed by atoms with Crippen LogP contribution in [0.2, 0.25) is 0 Å². The van der Waals surface area contributed by atoms with Crippen LogP contribution in [0.25, 0.3) is 11.3 Å². The molecule has 0 bridgehead atoms. The first-order valence-electron chi connectivity index (χ1n) is 8.49. The third kappa shape index (κ3) is 2.87. The predicted molar refractivity (Wildman–Crippen MR) is 95.3 cm³/mol. The Morgan fingerprint density at radius 2 is 2.00 bits per heavy atom. The van der Waals surface area contributed by atoms with Crippen LogP contribution in [0.15, 0.2) is 44.0 Å². The fraction of sp³-hybridized carbons (Fsp3) is 0.278. The van der Waals surface area contributed by atoms with Crippen molar-refractivity contribution in [3.8, 4) is 22.8 Å². The second-order valence-corrected chi connectivity index (χ2v) is 7.17. The number of likely N-dealkylation sites (tertiary alicyclic amines) is 1. The van der Waals surface area contributed by atoms with Crippen molar-refractivity contribution in [2.75, 3.05) is 13.3 Å². The second kappa shape index (κ2) is 6.41. The topological polar surface area (TPSA) is 90.8 Å². The van der Waals surface area contributed by atoms with E-state index in [1.54, 1.807) is 23.1 Å². The van der Waals surface area contributed by atoms with Crippen LogP contribution in [0.4, 0.5) is 0 Å². The van der Waals surface area contributed by atoms with Gasteiger partial charge >= 0.3 is 0 Å². The van der Waals surface area contributed by atoms with Crippen molar-refractivity contribution < 1.29 is 23.3 Å². The molecule has 1 unspecified atom stereocenters. The highest BCUT2D eigenvalue weighted by molar-refractivity contribution is 9.10. The van der Waals surface area contributed by atoms with Gasteiger partial charge < -0.3 is 23.4 Å². The molecule has 8 nitrogen and oxygen atoms in total. The van der Waals surface area contributed by atoms with Crippen molar-refractivity contribution in [2.24, 2.45) is 0 Å². The number of hydrogen-bond acceptors (Lipinski definition) is 7. The van der Waals surface area contributed by atoms with Gasteiger partial charge in [0.25, 0.3) is 5.91 Å². The van der Waals surface area contributed by atoms with Crippen molar-refractivity contribution in [2.45, 2.75) is 18.9 Å². The van der Waals surface area contributed by atoms with E-state index in [0.717, 1.165) is 18.4 Å². The Hall–Kier alpha value is -2.81. The van der Waals surface area contributed by atoms with Crippen molar-refractivity contribution in [1.82, 2.24) is 15.2 Å². The molecule has 3 aromatic rings. The lowest BCUT2D eigenvalue weighted by Crippen LogP contribution is -2.30. The monoisotopic (exact) mass is 431 g/mol. The quantitative estimate of drug-likeness (QED) is 0.622. The lowest BCUT2D eigenvalue weighted by molar-refractivity contribution is 0.0704. The summed E-state index contributed by atoms with van der Waals surface area (Å²) in [6.45, 7) is 0.834. The van der Waals surface area contributed by atoms with Gasteiger partial charge in [0, 0.05) is 24.2 Å². The van der Waals surface area contributed by atoms with Gasteiger partial charge in [0.2, 0.25) is 6.79 Å². The summed E-state index contributed by atoms with van der Waals surface area (Å²) in [5, 5.41) is 7.82. The maximum Gasteiger partial charge on any atom is 0.276 e. The molecule has 1 fully saturated rings. The van der Waals surface area contributed by atoms with Gasteiger partial charge in [-0.15, -0.1) is 0 Å². The Morgan fingerprint density at radius 3 is 2.85 bits per heavy atom. The molecule has 0 radical (unpaired) electrons. The maximum absolute atomic E-state index is 13.0. The van der Waals surface area contributed by atoms with Gasteiger partial charge in [-0.3, -0.25) is 4.79 Å². The van der Waals surface area contributed by atoms with Crippen LogP contribution in [0.1, 0.15) is 35.1 Å². The van der Waals surface area contributed by atoms with E-state index in [-0.39, 0.29) is 24.4 Å². The van der Waals surface area contributed by atoms with Crippen LogP contribution < -0.4 is 9.47 Å². The number of carbonyl (C=O) groups is 1. The number of amides is 1. The molecule has 1 amide bonds. The average Bonchev–Trinajstić information content (AvgIpc) is 3.45. The number of hydrogen-bond donors (Lipinski definition) is 0. The van der Waals surface area contributed by atoms with Gasteiger partial charge in [0.1, 0.15) is 4.60 Å². The number of aromatic nitrogens is 2. The summed E-state index contributed by atoms with van der Waals surface area (Å²) < 4.78 is 22.0. The second-order valence-electron chi connectivity index (χ2n) is 6.35. The van der Waals surface area contributed by atoms with Crippen LogP contribution in [0.5, 0.6) is 11.5 Å². The van der Waals surface area contributed by atoms with Crippen LogP contribution in [0.3, 0.4) is 0 Å². The first-order chi connectivity index (χ1) is 13.2. The molecule has 0 saturated carbocycles. The molecule has 2 aliphatic rings. The minimum Gasteiger partial charge on any atom is -0.454 e. The third-order valence-electron chi connectivity index (χ3n) is 4.73. The Labute approximate surface area is 162 Å². The van der Waals surface area contributed by atoms with E-state index < -0.39 is 0 Å². The molecule has 0 spiro atoms. The maximum atomic E-state index is 13.0. The first kappa shape index (κ1) is 16.4. The van der Waals surface area contributed by atoms with Crippen molar-refractivity contribution in [3.63, 3.8) is 0 Å². The minimum absolute atomic E-state index is 0.151. The molecule has 0 N–H and O–H groups in total. The molecule has 2 aliphatic heterocycles. The van der Waals surface area contributed by atoms with Crippen molar-refractivity contribution >= 4 is 21.8 Å². The van der Waals surface area contributed by atoms with Crippen LogP contribution in [0, 0.1) is 0 Å².